The number of nitrogens with zero attached hydrogens (tertiary/aromatic N) is 7. The number of rotatable bonds is 15. The topological polar surface area (TPSA) is 90.2 Å². The summed E-state index contributed by atoms with van der Waals surface area (Å²) in [4.78, 5) is 36.4. The Bertz CT molecular complexity index is 6670. The first-order chi connectivity index (χ1) is 56.1. The average molecular weight is 1460 g/mol. The Morgan fingerprint density at radius 3 is 1.29 bits per heavy atom. The van der Waals surface area contributed by atoms with Crippen LogP contribution in [0, 0.1) is 27.7 Å². The molecule has 14 aromatic carbocycles. The second-order valence-electron chi connectivity index (χ2n) is 30.0. The van der Waals surface area contributed by atoms with Crippen molar-refractivity contribution in [3.8, 4) is 146 Å². The van der Waals surface area contributed by atoms with E-state index in [4.69, 9.17) is 24.9 Å². The van der Waals surface area contributed by atoms with Gasteiger partial charge in [-0.1, -0.05) is 328 Å². The number of pyridine rings is 2. The lowest BCUT2D eigenvalue weighted by molar-refractivity contribution is 0.769. The summed E-state index contributed by atoms with van der Waals surface area (Å²) in [6.07, 6.45) is 5.76. The molecule has 0 saturated heterocycles. The average Bonchev–Trinajstić information content (AvgIpc) is 1.53. The summed E-state index contributed by atoms with van der Waals surface area (Å²) in [5.74, 6) is 2.40. The Morgan fingerprint density at radius 1 is 0.228 bits per heavy atom. The van der Waals surface area contributed by atoms with Crippen molar-refractivity contribution in [2.24, 2.45) is 0 Å². The van der Waals surface area contributed by atoms with Gasteiger partial charge >= 0.3 is 0 Å². The first-order valence-electron chi connectivity index (χ1n) is 39.0. The van der Waals surface area contributed by atoms with Crippen LogP contribution in [0.25, 0.3) is 146 Å². The van der Waals surface area contributed by atoms with E-state index in [0.717, 1.165) is 156 Å². The van der Waals surface area contributed by atoms with E-state index in [1.54, 1.807) is 0 Å². The molecule has 2 aliphatic rings. The van der Waals surface area contributed by atoms with Gasteiger partial charge in [-0.05, 0) is 198 Å². The minimum atomic E-state index is -0.815. The van der Waals surface area contributed by atoms with Gasteiger partial charge in [0.05, 0.1) is 16.5 Å². The van der Waals surface area contributed by atoms with Crippen LogP contribution in [-0.4, -0.2) is 34.9 Å². The zero-order valence-corrected chi connectivity index (χ0v) is 63.5. The summed E-state index contributed by atoms with van der Waals surface area (Å²) in [5, 5.41) is 0. The van der Waals surface area contributed by atoms with Gasteiger partial charge in [0.1, 0.15) is 0 Å². The molecule has 0 aliphatic heterocycles. The van der Waals surface area contributed by atoms with Gasteiger partial charge in [-0.3, -0.25) is 9.97 Å². The van der Waals surface area contributed by atoms with Crippen LogP contribution in [0.3, 0.4) is 0 Å². The van der Waals surface area contributed by atoms with Crippen LogP contribution in [0.1, 0.15) is 67.0 Å². The third-order valence-electron chi connectivity index (χ3n) is 23.5. The molecular weight excluding hydrogens is 1380 g/mol. The SMILES string of the molecule is Cc1cc(-c2ccccc2)nc(-c2ccc3c(c2)C(c2ccccc2)(c2cccc(-c4ccc(-c5nc(-c6ccccc6)nc(-c6cc(-c7ccc(-c8cncc(C)c8C)cc7)cc7c6-c6ccccc6C7(c6ccccc6)c6ccccc6)n5)cc4)c2)c2cccc(-c4ccc(-c5ccc(-c6cccnc6C)cc5)cc4)c2-3)n1. The normalized spacial score (nSPS) is 13.5. The van der Waals surface area contributed by atoms with Crippen LogP contribution in [-0.2, 0) is 10.8 Å². The molecule has 114 heavy (non-hydrogen) atoms. The van der Waals surface area contributed by atoms with Crippen molar-refractivity contribution in [1.29, 1.82) is 0 Å². The molecule has 0 N–H and O–H groups in total. The van der Waals surface area contributed by atoms with Crippen LogP contribution < -0.4 is 0 Å². The molecule has 2 aliphatic carbocycles. The molecule has 7 heteroatoms. The Morgan fingerprint density at radius 2 is 0.658 bits per heavy atom. The summed E-state index contributed by atoms with van der Waals surface area (Å²) in [5.41, 5.74) is 35.5. The maximum atomic E-state index is 5.68. The molecule has 1 atom stereocenters. The molecule has 4 heterocycles. The fourth-order valence-corrected chi connectivity index (χ4v) is 17.9. The molecule has 20 rings (SSSR count). The van der Waals surface area contributed by atoms with Crippen LogP contribution in [0.4, 0.5) is 0 Å². The number of benzene rings is 14. The van der Waals surface area contributed by atoms with Crippen molar-refractivity contribution < 1.29 is 0 Å². The highest BCUT2D eigenvalue weighted by Crippen LogP contribution is 2.61. The molecule has 0 amide bonds. The summed E-state index contributed by atoms with van der Waals surface area (Å²) in [7, 11) is 0. The molecular formula is C107H75N7. The first kappa shape index (κ1) is 68.7. The zero-order chi connectivity index (χ0) is 76.4. The Labute approximate surface area is 664 Å². The maximum Gasteiger partial charge on any atom is 0.164 e. The summed E-state index contributed by atoms with van der Waals surface area (Å²) < 4.78 is 0. The van der Waals surface area contributed by atoms with E-state index in [9.17, 15) is 0 Å². The largest absolute Gasteiger partial charge is 0.264 e. The van der Waals surface area contributed by atoms with Crippen LogP contribution in [0.5, 0.6) is 0 Å². The van der Waals surface area contributed by atoms with Gasteiger partial charge in [0.25, 0.3) is 0 Å². The fraction of sp³-hybridized carbons (Fsp3) is 0.0561. The summed E-state index contributed by atoms with van der Waals surface area (Å²) in [6, 6.07) is 132. The molecule has 4 aromatic heterocycles. The van der Waals surface area contributed by atoms with Crippen molar-refractivity contribution in [3.05, 3.63) is 450 Å². The smallest absolute Gasteiger partial charge is 0.164 e. The van der Waals surface area contributed by atoms with E-state index in [2.05, 4.69) is 383 Å². The molecule has 0 fully saturated rings. The van der Waals surface area contributed by atoms with Gasteiger partial charge < -0.3 is 0 Å². The second-order valence-corrected chi connectivity index (χ2v) is 30.0. The lowest BCUT2D eigenvalue weighted by Crippen LogP contribution is -2.28. The van der Waals surface area contributed by atoms with Gasteiger partial charge in [0.2, 0.25) is 0 Å². The zero-order valence-electron chi connectivity index (χ0n) is 63.5. The van der Waals surface area contributed by atoms with Crippen LogP contribution in [0.2, 0.25) is 0 Å². The molecule has 538 valence electrons. The number of aromatic nitrogens is 7. The van der Waals surface area contributed by atoms with Gasteiger partial charge in [0, 0.05) is 68.9 Å². The van der Waals surface area contributed by atoms with Crippen molar-refractivity contribution in [3.63, 3.8) is 0 Å². The third-order valence-corrected chi connectivity index (χ3v) is 23.5. The number of hydrogen-bond donors (Lipinski definition) is 0. The summed E-state index contributed by atoms with van der Waals surface area (Å²) >= 11 is 0. The Balaban J connectivity index is 0.736. The van der Waals surface area contributed by atoms with Crippen LogP contribution in [0.15, 0.2) is 383 Å². The van der Waals surface area contributed by atoms with Gasteiger partial charge in [0.15, 0.2) is 23.3 Å². The van der Waals surface area contributed by atoms with Crippen molar-refractivity contribution in [1.82, 2.24) is 34.9 Å². The molecule has 1 unspecified atom stereocenters. The van der Waals surface area contributed by atoms with E-state index < -0.39 is 10.8 Å². The fourth-order valence-electron chi connectivity index (χ4n) is 17.9. The molecule has 0 spiro atoms. The van der Waals surface area contributed by atoms with E-state index in [-0.39, 0.29) is 0 Å². The van der Waals surface area contributed by atoms with Gasteiger partial charge in [-0.25, -0.2) is 24.9 Å². The van der Waals surface area contributed by atoms with E-state index >= 15 is 0 Å². The molecule has 0 saturated carbocycles. The van der Waals surface area contributed by atoms with E-state index in [0.29, 0.717) is 23.3 Å². The Hall–Kier alpha value is -14.5. The van der Waals surface area contributed by atoms with Crippen molar-refractivity contribution in [2.45, 2.75) is 38.5 Å². The van der Waals surface area contributed by atoms with Gasteiger partial charge in [-0.15, -0.1) is 0 Å². The summed E-state index contributed by atoms with van der Waals surface area (Å²) in [6.45, 7) is 8.42. The predicted molar refractivity (Wildman–Crippen MR) is 464 cm³/mol. The monoisotopic (exact) mass is 1460 g/mol. The number of hydrogen-bond acceptors (Lipinski definition) is 7. The minimum Gasteiger partial charge on any atom is -0.264 e. The highest BCUT2D eigenvalue weighted by molar-refractivity contribution is 5.99. The van der Waals surface area contributed by atoms with E-state index in [1.807, 2.05) is 36.8 Å². The minimum absolute atomic E-state index is 0.566. The standard InChI is InChI=1S/C107H75N7/c1-68-66-108-67-94(70(68)3)78-54-46-75(47-55-78)84-63-93(101-91-37-20-21-40-95(91)106(98(101)65-84,85-30-14-7-15-31-85)86-32-16-8-17-33-86)105-113-102(80-27-12-6-13-28-80)112-103(114-105)81-56-48-74(49-57-81)82-29-22-36-88(62-82)107(87-34-18-9-19-35-87)96-41-23-38-90(77-52-44-73(45-53-77)72-42-50-76(51-43-72)89-39-24-60-109-71(89)4)100(96)92-59-58-83(64-97(92)107)104-110-69(2)61-99(111-104)79-25-10-5-11-26-79/h5-67H,1-4H3. The van der Waals surface area contributed by atoms with Crippen LogP contribution >= 0.6 is 0 Å². The molecule has 18 aromatic rings. The van der Waals surface area contributed by atoms with Crippen molar-refractivity contribution >= 4 is 0 Å². The molecule has 0 bridgehead atoms. The highest BCUT2D eigenvalue weighted by atomic mass is 15.0. The predicted octanol–water partition coefficient (Wildman–Crippen LogP) is 25.7. The second kappa shape index (κ2) is 28.4. The Kier molecular flexibility index (Phi) is 17.1. The lowest BCUT2D eigenvalue weighted by atomic mass is 9.67. The lowest BCUT2D eigenvalue weighted by Gasteiger charge is -2.34. The third kappa shape index (κ3) is 11.7. The molecule has 7 nitrogen and oxygen atoms in total. The molecule has 0 radical (unpaired) electrons. The van der Waals surface area contributed by atoms with Gasteiger partial charge in [-0.2, -0.15) is 0 Å². The van der Waals surface area contributed by atoms with Crippen molar-refractivity contribution in [2.75, 3.05) is 0 Å². The van der Waals surface area contributed by atoms with E-state index in [1.165, 1.54) is 33.4 Å². The highest BCUT2D eigenvalue weighted by Gasteiger charge is 2.49. The number of fused-ring (bicyclic) bond motifs is 6. The maximum absolute atomic E-state index is 5.68. The first-order valence-corrected chi connectivity index (χ1v) is 39.0. The quantitative estimate of drug-likeness (QED) is 0.101. The number of aryl methyl sites for hydroxylation is 3.